The van der Waals surface area contributed by atoms with Crippen molar-refractivity contribution in [1.29, 1.82) is 0 Å². The smallest absolute Gasteiger partial charge is 0.263 e. The number of fused-ring (bicyclic) bond motifs is 1. The van der Waals surface area contributed by atoms with Crippen LogP contribution in [0, 0.1) is 5.92 Å². The molecule has 10 heteroatoms. The molecule has 0 radical (unpaired) electrons. The second-order valence-electron chi connectivity index (χ2n) is 7.26. The van der Waals surface area contributed by atoms with Crippen LogP contribution in [0.4, 0.5) is 5.82 Å². The first-order valence-corrected chi connectivity index (χ1v) is 10.9. The predicted molar refractivity (Wildman–Crippen MR) is 119 cm³/mol. The van der Waals surface area contributed by atoms with Gasteiger partial charge in [-0.2, -0.15) is 5.10 Å². The summed E-state index contributed by atoms with van der Waals surface area (Å²) in [5, 5.41) is 12.1. The van der Waals surface area contributed by atoms with Gasteiger partial charge in [-0.05, 0) is 23.8 Å². The average molecular weight is 430 g/mol. The van der Waals surface area contributed by atoms with E-state index in [1.807, 2.05) is 0 Å². The molecular formula is C20H27N7O2S. The molecule has 3 heterocycles. The number of hydrogen-bond acceptors (Lipinski definition) is 7. The molecule has 3 rings (SSSR count). The Morgan fingerprint density at radius 3 is 2.83 bits per heavy atom. The van der Waals surface area contributed by atoms with Crippen LogP contribution in [0.1, 0.15) is 31.1 Å². The highest BCUT2D eigenvalue weighted by Gasteiger charge is 2.15. The lowest BCUT2D eigenvalue weighted by atomic mass is 10.2. The van der Waals surface area contributed by atoms with Crippen molar-refractivity contribution in [2.24, 2.45) is 13.0 Å². The SMILES string of the molecule is CCSc1nc(NCC(C)C)c2cnn(CCNC(=O)c3cccn(C)c3=O)c2n1. The zero-order chi connectivity index (χ0) is 21.7. The highest BCUT2D eigenvalue weighted by Crippen LogP contribution is 2.24. The molecule has 0 unspecified atom stereocenters. The number of thioether (sulfide) groups is 1. The van der Waals surface area contributed by atoms with Gasteiger partial charge in [0.1, 0.15) is 11.4 Å². The molecule has 0 saturated carbocycles. The normalized spacial score (nSPS) is 11.2. The zero-order valence-electron chi connectivity index (χ0n) is 17.7. The summed E-state index contributed by atoms with van der Waals surface area (Å²) >= 11 is 1.57. The summed E-state index contributed by atoms with van der Waals surface area (Å²) < 4.78 is 3.13. The third-order valence-corrected chi connectivity index (χ3v) is 5.13. The van der Waals surface area contributed by atoms with E-state index >= 15 is 0 Å². The van der Waals surface area contributed by atoms with Crippen LogP contribution in [0.3, 0.4) is 0 Å². The molecule has 0 atom stereocenters. The predicted octanol–water partition coefficient (Wildman–Crippen LogP) is 2.13. The molecule has 0 aliphatic rings. The largest absolute Gasteiger partial charge is 0.369 e. The van der Waals surface area contributed by atoms with E-state index in [0.29, 0.717) is 24.2 Å². The topological polar surface area (TPSA) is 107 Å². The van der Waals surface area contributed by atoms with Gasteiger partial charge in [0, 0.05) is 26.3 Å². The minimum Gasteiger partial charge on any atom is -0.369 e. The number of carbonyl (C=O) groups excluding carboxylic acids is 1. The first kappa shape index (κ1) is 21.8. The van der Waals surface area contributed by atoms with Gasteiger partial charge in [-0.3, -0.25) is 9.59 Å². The highest BCUT2D eigenvalue weighted by molar-refractivity contribution is 7.99. The average Bonchev–Trinajstić information content (AvgIpc) is 3.11. The van der Waals surface area contributed by atoms with Gasteiger partial charge < -0.3 is 15.2 Å². The number of aromatic nitrogens is 5. The van der Waals surface area contributed by atoms with Crippen molar-refractivity contribution in [2.75, 3.05) is 24.2 Å². The van der Waals surface area contributed by atoms with Crippen molar-refractivity contribution < 1.29 is 4.79 Å². The number of rotatable bonds is 9. The Labute approximate surface area is 179 Å². The van der Waals surface area contributed by atoms with Crippen molar-refractivity contribution in [1.82, 2.24) is 29.6 Å². The molecule has 0 saturated heterocycles. The van der Waals surface area contributed by atoms with Crippen LogP contribution in [0.5, 0.6) is 0 Å². The Balaban J connectivity index is 1.76. The van der Waals surface area contributed by atoms with E-state index in [1.165, 1.54) is 10.6 Å². The molecule has 9 nitrogen and oxygen atoms in total. The molecule has 0 aromatic carbocycles. The monoisotopic (exact) mass is 429 g/mol. The Hall–Kier alpha value is -2.88. The fraction of sp³-hybridized carbons (Fsp3) is 0.450. The molecule has 3 aromatic heterocycles. The number of amides is 1. The van der Waals surface area contributed by atoms with Gasteiger partial charge >= 0.3 is 0 Å². The van der Waals surface area contributed by atoms with Crippen LogP contribution in [0.25, 0.3) is 11.0 Å². The second kappa shape index (κ2) is 9.75. The summed E-state index contributed by atoms with van der Waals surface area (Å²) in [6, 6.07) is 3.20. The van der Waals surface area contributed by atoms with E-state index in [1.54, 1.807) is 42.0 Å². The maximum absolute atomic E-state index is 12.4. The Kier molecular flexibility index (Phi) is 7.09. The Morgan fingerprint density at radius 1 is 1.30 bits per heavy atom. The number of aryl methyl sites for hydroxylation is 1. The van der Waals surface area contributed by atoms with Crippen molar-refractivity contribution in [3.8, 4) is 0 Å². The van der Waals surface area contributed by atoms with E-state index < -0.39 is 5.91 Å². The minimum atomic E-state index is -0.399. The molecule has 1 amide bonds. The number of carbonyl (C=O) groups is 1. The van der Waals surface area contributed by atoms with Crippen LogP contribution in [0.15, 0.2) is 34.5 Å². The summed E-state index contributed by atoms with van der Waals surface area (Å²) in [5.74, 6) is 1.72. The lowest BCUT2D eigenvalue weighted by molar-refractivity contribution is 0.0950. The molecule has 30 heavy (non-hydrogen) atoms. The Morgan fingerprint density at radius 2 is 2.10 bits per heavy atom. The fourth-order valence-corrected chi connectivity index (χ4v) is 3.43. The van der Waals surface area contributed by atoms with Crippen LogP contribution >= 0.6 is 11.8 Å². The summed E-state index contributed by atoms with van der Waals surface area (Å²) in [7, 11) is 1.62. The number of anilines is 1. The third-order valence-electron chi connectivity index (χ3n) is 4.40. The van der Waals surface area contributed by atoms with E-state index in [2.05, 4.69) is 46.5 Å². The third kappa shape index (κ3) is 4.99. The van der Waals surface area contributed by atoms with Crippen molar-refractivity contribution in [3.05, 3.63) is 40.4 Å². The fourth-order valence-electron chi connectivity index (χ4n) is 2.87. The van der Waals surface area contributed by atoms with Crippen LogP contribution in [-0.4, -0.2) is 49.1 Å². The van der Waals surface area contributed by atoms with Crippen LogP contribution in [0.2, 0.25) is 0 Å². The van der Waals surface area contributed by atoms with Gasteiger partial charge in [0.05, 0.1) is 18.1 Å². The maximum atomic E-state index is 12.4. The van der Waals surface area contributed by atoms with Gasteiger partial charge in [-0.15, -0.1) is 0 Å². The second-order valence-corrected chi connectivity index (χ2v) is 8.49. The van der Waals surface area contributed by atoms with Gasteiger partial charge in [-0.25, -0.2) is 14.6 Å². The maximum Gasteiger partial charge on any atom is 0.263 e. The number of pyridine rings is 1. The highest BCUT2D eigenvalue weighted by atomic mass is 32.2. The van der Waals surface area contributed by atoms with Crippen molar-refractivity contribution in [2.45, 2.75) is 32.5 Å². The summed E-state index contributed by atoms with van der Waals surface area (Å²) in [6.07, 6.45) is 3.36. The van der Waals surface area contributed by atoms with Crippen molar-refractivity contribution >= 4 is 34.5 Å². The van der Waals surface area contributed by atoms with E-state index in [4.69, 9.17) is 0 Å². The van der Waals surface area contributed by atoms with Crippen LogP contribution < -0.4 is 16.2 Å². The molecule has 0 aliphatic carbocycles. The standard InChI is InChI=1S/C20H27N7O2S/c1-5-30-20-24-16(22-11-13(2)3)15-12-23-27(17(15)25-20)10-8-21-18(28)14-7-6-9-26(4)19(14)29/h6-7,9,12-13H,5,8,10-11H2,1-4H3,(H,21,28)(H,22,24,25). The molecule has 160 valence electrons. The number of hydrogen-bond donors (Lipinski definition) is 2. The molecule has 0 spiro atoms. The zero-order valence-corrected chi connectivity index (χ0v) is 18.5. The van der Waals surface area contributed by atoms with Gasteiger partial charge in [-0.1, -0.05) is 32.5 Å². The van der Waals surface area contributed by atoms with Crippen molar-refractivity contribution in [3.63, 3.8) is 0 Å². The summed E-state index contributed by atoms with van der Waals surface area (Å²) in [4.78, 5) is 33.7. The Bertz CT molecular complexity index is 1090. The number of nitrogens with zero attached hydrogens (tertiary/aromatic N) is 5. The van der Waals surface area contributed by atoms with E-state index in [-0.39, 0.29) is 11.1 Å². The molecule has 3 aromatic rings. The van der Waals surface area contributed by atoms with Gasteiger partial charge in [0.25, 0.3) is 11.5 Å². The molecule has 0 aliphatic heterocycles. The summed E-state index contributed by atoms with van der Waals surface area (Å²) in [5.41, 5.74) is 0.515. The van der Waals surface area contributed by atoms with Gasteiger partial charge in [0.2, 0.25) is 0 Å². The first-order chi connectivity index (χ1) is 14.4. The molecule has 2 N–H and O–H groups in total. The quantitative estimate of drug-likeness (QED) is 0.396. The number of nitrogens with one attached hydrogen (secondary N) is 2. The molecule has 0 fully saturated rings. The minimum absolute atomic E-state index is 0.120. The first-order valence-electron chi connectivity index (χ1n) is 9.94. The molecule has 0 bridgehead atoms. The summed E-state index contributed by atoms with van der Waals surface area (Å²) in [6.45, 7) is 7.89. The lowest BCUT2D eigenvalue weighted by Gasteiger charge is -2.11. The lowest BCUT2D eigenvalue weighted by Crippen LogP contribution is -2.33. The van der Waals surface area contributed by atoms with E-state index in [9.17, 15) is 9.59 Å². The van der Waals surface area contributed by atoms with E-state index in [0.717, 1.165) is 29.1 Å². The molecular weight excluding hydrogens is 402 g/mol. The van der Waals surface area contributed by atoms with Crippen LogP contribution in [-0.2, 0) is 13.6 Å². The van der Waals surface area contributed by atoms with Gasteiger partial charge in [0.15, 0.2) is 10.8 Å².